The highest BCUT2D eigenvalue weighted by atomic mass is 35.5. The van der Waals surface area contributed by atoms with Gasteiger partial charge in [0.2, 0.25) is 11.6 Å². The molecule has 4 fully saturated rings. The normalized spacial score (nSPS) is 17.1. The largest absolute Gasteiger partial charge is 0.454 e. The van der Waals surface area contributed by atoms with Crippen LogP contribution >= 0.6 is 23.2 Å². The van der Waals surface area contributed by atoms with Crippen LogP contribution in [0.2, 0.25) is 10.0 Å². The molecule has 0 aromatic heterocycles. The van der Waals surface area contributed by atoms with Gasteiger partial charge in [-0.25, -0.2) is 0 Å². The number of esters is 2. The molecule has 2 saturated carbocycles. The third-order valence-electron chi connectivity index (χ3n) is 21.9. The number of nitrogens with two attached hydrogens (primary N) is 1. The van der Waals surface area contributed by atoms with Crippen LogP contribution in [0.5, 0.6) is 0 Å². The first-order valence-electron chi connectivity index (χ1n) is 43.2. The molecule has 2 amide bonds. The zero-order chi connectivity index (χ0) is 84.4. The van der Waals surface area contributed by atoms with Crippen molar-refractivity contribution in [1.29, 1.82) is 0 Å². The van der Waals surface area contributed by atoms with Crippen LogP contribution in [0, 0.1) is 0 Å². The highest BCUT2D eigenvalue weighted by Gasteiger charge is 2.45. The lowest BCUT2D eigenvalue weighted by Gasteiger charge is -2.52. The molecule has 29 heteroatoms. The molecule has 4 atom stereocenters. The number of Topliss-reactive ketones (excluding diaryl/α,β-unsaturated/α-hetero) is 6. The van der Waals surface area contributed by atoms with Crippen molar-refractivity contribution in [3.63, 3.8) is 0 Å². The van der Waals surface area contributed by atoms with Gasteiger partial charge in [0, 0.05) is 125 Å². The van der Waals surface area contributed by atoms with Crippen molar-refractivity contribution < 1.29 is 105 Å². The fourth-order valence-corrected chi connectivity index (χ4v) is 15.8. The number of hydrogen-bond donors (Lipinski definition) is 3. The topological polar surface area (TPSA) is 338 Å². The summed E-state index contributed by atoms with van der Waals surface area (Å²) in [6, 6.07) is 13.7. The zero-order valence-corrected chi connectivity index (χ0v) is 72.0. The molecule has 6 rings (SSSR count). The van der Waals surface area contributed by atoms with Gasteiger partial charge in [-0.15, -0.1) is 0 Å². The Balaban J connectivity index is 0.000000417. The van der Waals surface area contributed by atoms with Crippen molar-refractivity contribution in [2.45, 2.75) is 261 Å². The maximum Gasteiger partial charge on any atom is 0.306 e. The van der Waals surface area contributed by atoms with E-state index in [1.807, 2.05) is 0 Å². The van der Waals surface area contributed by atoms with Crippen molar-refractivity contribution in [1.82, 2.24) is 20.4 Å². The summed E-state index contributed by atoms with van der Waals surface area (Å²) in [7, 11) is 3.26. The van der Waals surface area contributed by atoms with Crippen LogP contribution in [0.3, 0.4) is 0 Å². The van der Waals surface area contributed by atoms with Crippen molar-refractivity contribution >= 4 is 81.7 Å². The quantitative estimate of drug-likeness (QED) is 0.0315. The summed E-state index contributed by atoms with van der Waals surface area (Å²) in [5.74, 6) is -3.39. The number of hydrogen-bond acceptors (Lipinski definition) is 25. The minimum atomic E-state index is -0.886. The van der Waals surface area contributed by atoms with E-state index in [4.69, 9.17) is 85.8 Å². The first-order valence-corrected chi connectivity index (χ1v) is 44.0. The summed E-state index contributed by atoms with van der Waals surface area (Å²) in [6.07, 6.45) is 19.8. The second-order valence-electron chi connectivity index (χ2n) is 31.0. The number of carbonyl (C=O) groups excluding carboxylic acids is 10. The van der Waals surface area contributed by atoms with Gasteiger partial charge in [-0.1, -0.05) is 106 Å². The number of ether oxygens (including phenoxy) is 12. The smallest absolute Gasteiger partial charge is 0.306 e. The van der Waals surface area contributed by atoms with Crippen LogP contribution in [-0.4, -0.2) is 269 Å². The van der Waals surface area contributed by atoms with Gasteiger partial charge in [0.1, 0.15) is 11.6 Å². The van der Waals surface area contributed by atoms with E-state index in [-0.39, 0.29) is 97.7 Å². The van der Waals surface area contributed by atoms with Gasteiger partial charge in [0.25, 0.3) is 11.8 Å². The maximum atomic E-state index is 13.5. The molecule has 662 valence electrons. The molecule has 2 aliphatic carbocycles. The molecule has 4 aliphatic rings. The van der Waals surface area contributed by atoms with Gasteiger partial charge in [-0.3, -0.25) is 57.7 Å². The van der Waals surface area contributed by atoms with Gasteiger partial charge in [-0.2, -0.15) is 0 Å². The molecular weight excluding hydrogens is 1550 g/mol. The second kappa shape index (κ2) is 62.5. The molecule has 2 heterocycles. The van der Waals surface area contributed by atoms with Crippen LogP contribution in [0.25, 0.3) is 0 Å². The van der Waals surface area contributed by atoms with E-state index in [9.17, 15) is 47.9 Å². The second-order valence-corrected chi connectivity index (χ2v) is 31.9. The van der Waals surface area contributed by atoms with E-state index in [1.54, 1.807) is 62.8 Å². The Labute approximate surface area is 705 Å². The van der Waals surface area contributed by atoms with E-state index in [2.05, 4.69) is 27.4 Å². The van der Waals surface area contributed by atoms with Gasteiger partial charge >= 0.3 is 11.9 Å². The SMILES string of the molecule is CCCCCC(OC(=O)CCC(=O)CCCOCCOCCOCCOCCOC)C(=O)CCCN1CCC(NC(=O)C(=O)Cc2ccc(Cl)cc2)CC12CCCCC2.COCCOCCOCCOCCOCCCC(=O)CCC(=O)OC(CCCN)C(=O)CCCN1CCC(NC(=O)C(=O)Cc2ccc(Cl)cc2)CC12CCCCC2. The van der Waals surface area contributed by atoms with Crippen LogP contribution in [0.4, 0.5) is 0 Å². The number of nitrogens with zero attached hydrogens (tertiary/aromatic N) is 2. The van der Waals surface area contributed by atoms with E-state index < -0.39 is 47.5 Å². The van der Waals surface area contributed by atoms with Crippen LogP contribution < -0.4 is 16.4 Å². The van der Waals surface area contributed by atoms with E-state index in [0.717, 1.165) is 127 Å². The molecule has 2 aromatic rings. The lowest BCUT2D eigenvalue weighted by Crippen LogP contribution is -2.59. The number of likely N-dealkylation sites (tertiary alicyclic amines) is 2. The predicted octanol–water partition coefficient (Wildman–Crippen LogP) is 11.0. The monoisotopic (exact) mass is 1690 g/mol. The molecule has 4 unspecified atom stereocenters. The third-order valence-corrected chi connectivity index (χ3v) is 22.4. The molecule has 2 aromatic carbocycles. The van der Waals surface area contributed by atoms with Gasteiger partial charge in [-0.05, 0) is 158 Å². The molecule has 2 spiro atoms. The Morgan fingerprint density at radius 1 is 0.419 bits per heavy atom. The fraction of sp³-hybridized carbons (Fsp3) is 0.750. The molecule has 2 saturated heterocycles. The molecule has 2 aliphatic heterocycles. The minimum Gasteiger partial charge on any atom is -0.454 e. The lowest BCUT2D eigenvalue weighted by molar-refractivity contribution is -0.156. The molecule has 0 radical (unpaired) electrons. The Hall–Kier alpha value is -5.60. The average Bonchev–Trinajstić information content (AvgIpc) is 0.789. The number of ketones is 6. The van der Waals surface area contributed by atoms with Crippen molar-refractivity contribution in [3.8, 4) is 0 Å². The number of amides is 2. The lowest BCUT2D eigenvalue weighted by atomic mass is 9.73. The molecule has 27 nitrogen and oxygen atoms in total. The van der Waals surface area contributed by atoms with Crippen molar-refractivity contribution in [2.24, 2.45) is 5.73 Å². The molecular formula is C88H139Cl2N5O22. The Morgan fingerprint density at radius 3 is 1.10 bits per heavy atom. The average molecular weight is 1690 g/mol. The Kier molecular flexibility index (Phi) is 54.5. The number of carbonyl (C=O) groups is 10. The summed E-state index contributed by atoms with van der Waals surface area (Å²) in [5, 5.41) is 7.22. The summed E-state index contributed by atoms with van der Waals surface area (Å²) in [6.45, 7) is 14.1. The van der Waals surface area contributed by atoms with Crippen molar-refractivity contribution in [3.05, 3.63) is 69.7 Å². The highest BCUT2D eigenvalue weighted by Crippen LogP contribution is 2.43. The number of halogens is 2. The first-order chi connectivity index (χ1) is 56.8. The molecule has 117 heavy (non-hydrogen) atoms. The summed E-state index contributed by atoms with van der Waals surface area (Å²) < 4.78 is 64.7. The van der Waals surface area contributed by atoms with E-state index in [1.165, 1.54) is 12.8 Å². The van der Waals surface area contributed by atoms with Crippen molar-refractivity contribution in [2.75, 3.05) is 166 Å². The number of rotatable bonds is 65. The summed E-state index contributed by atoms with van der Waals surface area (Å²) in [5.41, 5.74) is 7.06. The van der Waals surface area contributed by atoms with E-state index >= 15 is 0 Å². The van der Waals surface area contributed by atoms with Crippen LogP contribution in [0.1, 0.15) is 224 Å². The highest BCUT2D eigenvalue weighted by molar-refractivity contribution is 6.37. The Morgan fingerprint density at radius 2 is 0.761 bits per heavy atom. The third kappa shape index (κ3) is 44.2. The molecule has 0 bridgehead atoms. The van der Waals surface area contributed by atoms with Crippen LogP contribution in [0.15, 0.2) is 48.5 Å². The fourth-order valence-electron chi connectivity index (χ4n) is 15.5. The number of nitrogens with one attached hydrogen (secondary N) is 2. The molecule has 4 N–H and O–H groups in total. The number of methoxy groups -OCH3 is 2. The van der Waals surface area contributed by atoms with Gasteiger partial charge < -0.3 is 73.2 Å². The van der Waals surface area contributed by atoms with Gasteiger partial charge in [0.05, 0.1) is 119 Å². The number of piperidine rings is 2. The number of unbranched alkanes of at least 4 members (excludes halogenated alkanes) is 2. The standard InChI is InChI=1S/C45H71ClN2O11.C43H68ClN3O11/c1-3-4-6-13-42(59-43(52)19-18-39(49)11-10-25-55-28-29-57-32-33-58-31-30-56-27-26-54-2)40(50)12-9-23-48-24-20-38(35-45(48)21-7-5-8-22-45)47-44(53)41(51)34-36-14-16-37(46)17-15-36;1-53-24-25-55-28-29-57-31-30-56-27-26-54-23-7-8-37(48)15-16-41(51)58-40(10-5-20-45)38(49)9-6-21-47-22-17-36(33-43(47)18-3-2-4-19-43)46-42(52)39(50)32-34-11-13-35(44)14-12-34/h14-17,38,42H,3-13,18-35H2,1-2H3,(H,47,53);11-14,36,40H,2-10,15-33,45H2,1H3,(H,46,52). The van der Waals surface area contributed by atoms with Gasteiger partial charge in [0.15, 0.2) is 23.8 Å². The minimum absolute atomic E-state index is 0.0283. The predicted molar refractivity (Wildman–Crippen MR) is 445 cm³/mol. The van der Waals surface area contributed by atoms with Crippen LogP contribution in [-0.2, 0) is 118 Å². The zero-order valence-electron chi connectivity index (χ0n) is 70.4. The first kappa shape index (κ1) is 102. The number of benzene rings is 2. The maximum absolute atomic E-state index is 13.5. The summed E-state index contributed by atoms with van der Waals surface area (Å²) >= 11 is 11.9. The van der Waals surface area contributed by atoms with E-state index in [0.29, 0.717) is 200 Å². The Bertz CT molecular complexity index is 3140. The summed E-state index contributed by atoms with van der Waals surface area (Å²) in [4.78, 5) is 134.